The topological polar surface area (TPSA) is 98.3 Å². The highest BCUT2D eigenvalue weighted by Gasteiger charge is 2.23. The second kappa shape index (κ2) is 15.4. The molecule has 220 valence electrons. The van der Waals surface area contributed by atoms with Gasteiger partial charge in [0.1, 0.15) is 17.2 Å². The van der Waals surface area contributed by atoms with Crippen LogP contribution in [-0.4, -0.2) is 56.8 Å². The Balaban J connectivity index is 1.54. The lowest BCUT2D eigenvalue weighted by molar-refractivity contribution is 0.0508. The average Bonchev–Trinajstić information content (AvgIpc) is 2.97. The Bertz CT molecular complexity index is 1260. The second-order valence-corrected chi connectivity index (χ2v) is 10.7. The largest absolute Gasteiger partial charge is 0.494 e. The standard InChI is InChI=1S/C33H42N2O6/c1-23(2)26-10-6-9-25(14-26)20-34-21-32(36)31-16-24-8-7-11-28(15-24)39-12-4-5-13-40-29-17-27(33(37)35-31)18-30(19-29)41-22-38-3/h6-11,14-15,17-19,23,31-32,34,36H,4-5,12-13,16,20-22H2,1-3H3,(H,35,37)/t31-,32+/m0/s1. The van der Waals surface area contributed by atoms with Crippen LogP contribution in [-0.2, 0) is 17.7 Å². The molecule has 1 aliphatic rings. The lowest BCUT2D eigenvalue weighted by Gasteiger charge is -2.25. The molecular formula is C33H42N2O6. The van der Waals surface area contributed by atoms with Crippen LogP contribution in [0.5, 0.6) is 17.2 Å². The maximum Gasteiger partial charge on any atom is 0.251 e. The van der Waals surface area contributed by atoms with Gasteiger partial charge in [0.15, 0.2) is 6.79 Å². The number of aliphatic hydroxyl groups excluding tert-OH is 1. The lowest BCUT2D eigenvalue weighted by atomic mass is 9.99. The minimum Gasteiger partial charge on any atom is -0.494 e. The van der Waals surface area contributed by atoms with Crippen LogP contribution >= 0.6 is 0 Å². The van der Waals surface area contributed by atoms with Crippen LogP contribution in [0.15, 0.2) is 66.7 Å². The molecule has 0 saturated heterocycles. The van der Waals surface area contributed by atoms with E-state index in [0.29, 0.717) is 55.7 Å². The van der Waals surface area contributed by atoms with Crippen molar-refractivity contribution in [2.45, 2.75) is 57.7 Å². The molecule has 4 bridgehead atoms. The van der Waals surface area contributed by atoms with Gasteiger partial charge in [-0.2, -0.15) is 0 Å². The van der Waals surface area contributed by atoms with Crippen LogP contribution < -0.4 is 24.8 Å². The molecule has 0 radical (unpaired) electrons. The Kier molecular flexibility index (Phi) is 11.4. The molecular weight excluding hydrogens is 520 g/mol. The number of fused-ring (bicyclic) bond motifs is 4. The summed E-state index contributed by atoms with van der Waals surface area (Å²) in [4.78, 5) is 13.5. The number of benzene rings is 3. The van der Waals surface area contributed by atoms with Gasteiger partial charge in [0.2, 0.25) is 0 Å². The fraction of sp³-hybridized carbons (Fsp3) is 0.424. The summed E-state index contributed by atoms with van der Waals surface area (Å²) in [5.41, 5.74) is 3.77. The van der Waals surface area contributed by atoms with E-state index in [1.807, 2.05) is 24.3 Å². The van der Waals surface area contributed by atoms with Crippen LogP contribution in [0.2, 0.25) is 0 Å². The molecule has 1 amide bonds. The summed E-state index contributed by atoms with van der Waals surface area (Å²) in [6, 6.07) is 20.8. The molecule has 0 aliphatic carbocycles. The number of nitrogens with one attached hydrogen (secondary N) is 2. The number of aliphatic hydroxyl groups is 1. The first-order valence-electron chi connectivity index (χ1n) is 14.3. The van der Waals surface area contributed by atoms with Crippen molar-refractivity contribution in [3.05, 3.63) is 89.0 Å². The van der Waals surface area contributed by atoms with Crippen LogP contribution in [0.1, 0.15) is 59.7 Å². The smallest absolute Gasteiger partial charge is 0.251 e. The quantitative estimate of drug-likeness (QED) is 0.321. The molecule has 0 aromatic heterocycles. The molecule has 1 aliphatic heterocycles. The van der Waals surface area contributed by atoms with Gasteiger partial charge < -0.3 is 34.7 Å². The predicted molar refractivity (Wildman–Crippen MR) is 159 cm³/mol. The highest BCUT2D eigenvalue weighted by atomic mass is 16.7. The molecule has 0 spiro atoms. The number of methoxy groups -OCH3 is 1. The van der Waals surface area contributed by atoms with E-state index in [1.165, 1.54) is 12.7 Å². The zero-order valence-electron chi connectivity index (χ0n) is 24.2. The molecule has 3 aromatic carbocycles. The van der Waals surface area contributed by atoms with E-state index in [4.69, 9.17) is 18.9 Å². The zero-order chi connectivity index (χ0) is 29.0. The molecule has 1 heterocycles. The van der Waals surface area contributed by atoms with Gasteiger partial charge >= 0.3 is 0 Å². The van der Waals surface area contributed by atoms with E-state index in [-0.39, 0.29) is 12.7 Å². The fourth-order valence-corrected chi connectivity index (χ4v) is 4.70. The summed E-state index contributed by atoms with van der Waals surface area (Å²) < 4.78 is 22.6. The van der Waals surface area contributed by atoms with Crippen molar-refractivity contribution in [3.63, 3.8) is 0 Å². The maximum absolute atomic E-state index is 13.5. The van der Waals surface area contributed by atoms with E-state index in [9.17, 15) is 9.90 Å². The van der Waals surface area contributed by atoms with Crippen LogP contribution in [0.3, 0.4) is 0 Å². The van der Waals surface area contributed by atoms with Crippen molar-refractivity contribution in [2.75, 3.05) is 33.7 Å². The van der Waals surface area contributed by atoms with E-state index < -0.39 is 12.1 Å². The Morgan fingerprint density at radius 1 is 1.00 bits per heavy atom. The Morgan fingerprint density at radius 3 is 2.56 bits per heavy atom. The van der Waals surface area contributed by atoms with Crippen molar-refractivity contribution in [1.29, 1.82) is 0 Å². The molecule has 0 fully saturated rings. The van der Waals surface area contributed by atoms with E-state index >= 15 is 0 Å². The predicted octanol–water partition coefficient (Wildman–Crippen LogP) is 4.84. The molecule has 8 nitrogen and oxygen atoms in total. The third-order valence-electron chi connectivity index (χ3n) is 7.00. The van der Waals surface area contributed by atoms with E-state index in [2.05, 4.69) is 48.7 Å². The molecule has 0 saturated carbocycles. The van der Waals surface area contributed by atoms with Gasteiger partial charge in [0.25, 0.3) is 5.91 Å². The molecule has 0 unspecified atom stereocenters. The summed E-state index contributed by atoms with van der Waals surface area (Å²) in [5.74, 6) is 1.88. The zero-order valence-corrected chi connectivity index (χ0v) is 24.2. The summed E-state index contributed by atoms with van der Waals surface area (Å²) in [6.45, 7) is 6.35. The van der Waals surface area contributed by atoms with Gasteiger partial charge in [-0.15, -0.1) is 0 Å². The van der Waals surface area contributed by atoms with Crippen molar-refractivity contribution in [1.82, 2.24) is 10.6 Å². The fourth-order valence-electron chi connectivity index (χ4n) is 4.70. The molecule has 8 heteroatoms. The van der Waals surface area contributed by atoms with Gasteiger partial charge in [0, 0.05) is 31.8 Å². The third kappa shape index (κ3) is 9.49. The van der Waals surface area contributed by atoms with E-state index in [1.54, 1.807) is 18.2 Å². The Morgan fingerprint density at radius 2 is 1.78 bits per heavy atom. The summed E-state index contributed by atoms with van der Waals surface area (Å²) in [5, 5.41) is 17.7. The molecule has 3 N–H and O–H groups in total. The number of ether oxygens (including phenoxy) is 4. The highest BCUT2D eigenvalue weighted by molar-refractivity contribution is 5.95. The van der Waals surface area contributed by atoms with Crippen LogP contribution in [0, 0.1) is 0 Å². The van der Waals surface area contributed by atoms with Crippen molar-refractivity contribution in [2.24, 2.45) is 0 Å². The monoisotopic (exact) mass is 562 g/mol. The van der Waals surface area contributed by atoms with Gasteiger partial charge in [0.05, 0.1) is 25.4 Å². The Labute approximate surface area is 243 Å². The number of hydrogen-bond donors (Lipinski definition) is 3. The number of hydrogen-bond acceptors (Lipinski definition) is 7. The van der Waals surface area contributed by atoms with Crippen molar-refractivity contribution < 1.29 is 28.8 Å². The first kappa shape index (κ1) is 30.4. The maximum atomic E-state index is 13.5. The number of amides is 1. The van der Waals surface area contributed by atoms with E-state index in [0.717, 1.165) is 29.7 Å². The normalized spacial score (nSPS) is 16.8. The lowest BCUT2D eigenvalue weighted by Crippen LogP contribution is -2.48. The average molecular weight is 563 g/mol. The summed E-state index contributed by atoms with van der Waals surface area (Å²) in [6.07, 6.45) is 1.20. The SMILES string of the molecule is COCOc1cc2cc(c1)C(=O)N[C@H]([C@H](O)CNCc1cccc(C(C)C)c1)Cc1cccc(c1)OCCCCO2. The summed E-state index contributed by atoms with van der Waals surface area (Å²) >= 11 is 0. The minimum absolute atomic E-state index is 0.0469. The van der Waals surface area contributed by atoms with Gasteiger partial charge in [-0.3, -0.25) is 4.79 Å². The summed E-state index contributed by atoms with van der Waals surface area (Å²) in [7, 11) is 1.54. The first-order chi connectivity index (χ1) is 19.9. The number of carbonyl (C=O) groups is 1. The second-order valence-electron chi connectivity index (χ2n) is 10.7. The van der Waals surface area contributed by atoms with Crippen molar-refractivity contribution in [3.8, 4) is 17.2 Å². The van der Waals surface area contributed by atoms with Crippen LogP contribution in [0.4, 0.5) is 0 Å². The van der Waals surface area contributed by atoms with Gasteiger partial charge in [-0.1, -0.05) is 50.2 Å². The number of rotatable bonds is 9. The van der Waals surface area contributed by atoms with Gasteiger partial charge in [-0.25, -0.2) is 0 Å². The van der Waals surface area contributed by atoms with Gasteiger partial charge in [-0.05, 0) is 66.1 Å². The molecule has 3 aromatic rings. The first-order valence-corrected chi connectivity index (χ1v) is 14.3. The minimum atomic E-state index is -0.848. The molecule has 4 rings (SSSR count). The third-order valence-corrected chi connectivity index (χ3v) is 7.00. The van der Waals surface area contributed by atoms with Crippen LogP contribution in [0.25, 0.3) is 0 Å². The highest BCUT2D eigenvalue weighted by Crippen LogP contribution is 2.25. The Hall–Kier alpha value is -3.59. The number of carbonyl (C=O) groups excluding carboxylic acids is 1. The molecule has 41 heavy (non-hydrogen) atoms. The van der Waals surface area contributed by atoms with Crippen molar-refractivity contribution >= 4 is 5.91 Å². The molecule has 2 atom stereocenters.